The van der Waals surface area contributed by atoms with Crippen molar-refractivity contribution in [2.45, 2.75) is 56.3 Å². The minimum absolute atomic E-state index is 0.00685. The maximum Gasteiger partial charge on any atom is 0.262 e. The first kappa shape index (κ1) is 22.5. The van der Waals surface area contributed by atoms with Gasteiger partial charge in [0.1, 0.15) is 5.82 Å². The predicted octanol–water partition coefficient (Wildman–Crippen LogP) is 4.15. The van der Waals surface area contributed by atoms with Gasteiger partial charge in [0.05, 0.1) is 23.6 Å². The Morgan fingerprint density at radius 1 is 1.28 bits per heavy atom. The van der Waals surface area contributed by atoms with E-state index in [2.05, 4.69) is 5.32 Å². The number of halogens is 1. The molecular formula is C24H26FN3O3S. The van der Waals surface area contributed by atoms with Gasteiger partial charge < -0.3 is 10.1 Å². The number of aromatic nitrogens is 2. The standard InChI is InChI=1S/C24H26FN3O3S/c1-15(2)26-22(29)17-7-10-20-21(12-17)27-24(32-14-16-5-8-18(25)9-6-16)28(23(20)30)13-19-4-3-11-31-19/h5-10,12,15,19H,3-4,11,13-14H2,1-2H3,(H,26,29)/t19-/m1/s1. The van der Waals surface area contributed by atoms with Crippen molar-refractivity contribution >= 4 is 28.6 Å². The first-order valence-corrected chi connectivity index (χ1v) is 11.7. The molecule has 0 spiro atoms. The molecule has 1 atom stereocenters. The molecule has 1 aliphatic heterocycles. The van der Waals surface area contributed by atoms with Crippen molar-refractivity contribution < 1.29 is 13.9 Å². The summed E-state index contributed by atoms with van der Waals surface area (Å²) in [4.78, 5) is 30.5. The van der Waals surface area contributed by atoms with Gasteiger partial charge in [-0.05, 0) is 62.6 Å². The molecular weight excluding hydrogens is 429 g/mol. The maximum absolute atomic E-state index is 13.4. The minimum Gasteiger partial charge on any atom is -0.376 e. The van der Waals surface area contributed by atoms with Crippen LogP contribution in [-0.2, 0) is 17.0 Å². The van der Waals surface area contributed by atoms with Crippen molar-refractivity contribution in [1.82, 2.24) is 14.9 Å². The molecule has 1 saturated heterocycles. The van der Waals surface area contributed by atoms with Crippen LogP contribution in [-0.4, -0.2) is 34.2 Å². The number of hydrogen-bond donors (Lipinski definition) is 1. The van der Waals surface area contributed by atoms with Crippen LogP contribution < -0.4 is 10.9 Å². The largest absolute Gasteiger partial charge is 0.376 e. The second-order valence-corrected chi connectivity index (χ2v) is 9.16. The molecule has 1 amide bonds. The van der Waals surface area contributed by atoms with Crippen molar-refractivity contribution in [3.8, 4) is 0 Å². The fraction of sp³-hybridized carbons (Fsp3) is 0.375. The van der Waals surface area contributed by atoms with Crippen LogP contribution in [0.2, 0.25) is 0 Å². The van der Waals surface area contributed by atoms with Gasteiger partial charge in [0.25, 0.3) is 11.5 Å². The number of nitrogens with zero attached hydrogens (tertiary/aromatic N) is 2. The monoisotopic (exact) mass is 455 g/mol. The van der Waals surface area contributed by atoms with Crippen molar-refractivity contribution in [3.63, 3.8) is 0 Å². The number of nitrogens with one attached hydrogen (secondary N) is 1. The van der Waals surface area contributed by atoms with E-state index >= 15 is 0 Å². The lowest BCUT2D eigenvalue weighted by molar-refractivity contribution is 0.0937. The molecule has 1 aliphatic rings. The highest BCUT2D eigenvalue weighted by atomic mass is 32.2. The van der Waals surface area contributed by atoms with Crippen molar-refractivity contribution in [1.29, 1.82) is 0 Å². The van der Waals surface area contributed by atoms with Gasteiger partial charge in [-0.1, -0.05) is 23.9 Å². The second-order valence-electron chi connectivity index (χ2n) is 8.22. The molecule has 32 heavy (non-hydrogen) atoms. The lowest BCUT2D eigenvalue weighted by Gasteiger charge is -2.17. The molecule has 0 unspecified atom stereocenters. The molecule has 0 saturated carbocycles. The van der Waals surface area contributed by atoms with Gasteiger partial charge in [-0.3, -0.25) is 14.2 Å². The lowest BCUT2D eigenvalue weighted by Crippen LogP contribution is -2.31. The summed E-state index contributed by atoms with van der Waals surface area (Å²) in [5, 5.41) is 3.89. The molecule has 2 aromatic carbocycles. The summed E-state index contributed by atoms with van der Waals surface area (Å²) < 4.78 is 20.7. The smallest absolute Gasteiger partial charge is 0.262 e. The van der Waals surface area contributed by atoms with Gasteiger partial charge in [-0.15, -0.1) is 0 Å². The zero-order valence-electron chi connectivity index (χ0n) is 18.1. The third-order valence-electron chi connectivity index (χ3n) is 5.29. The average Bonchev–Trinajstić information content (AvgIpc) is 3.28. The van der Waals surface area contributed by atoms with Crippen LogP contribution in [0.15, 0.2) is 52.4 Å². The molecule has 1 aromatic heterocycles. The third-order valence-corrected chi connectivity index (χ3v) is 6.34. The molecule has 0 bridgehead atoms. The Morgan fingerprint density at radius 2 is 2.06 bits per heavy atom. The molecule has 0 radical (unpaired) electrons. The number of carbonyl (C=O) groups is 1. The van der Waals surface area contributed by atoms with Crippen molar-refractivity contribution in [2.75, 3.05) is 6.61 Å². The Hall–Kier alpha value is -2.71. The van der Waals surface area contributed by atoms with E-state index in [0.29, 0.717) is 40.5 Å². The normalized spacial score (nSPS) is 16.1. The number of hydrogen-bond acceptors (Lipinski definition) is 5. The number of benzene rings is 2. The van der Waals surface area contributed by atoms with Crippen LogP contribution >= 0.6 is 11.8 Å². The van der Waals surface area contributed by atoms with Crippen LogP contribution in [0.5, 0.6) is 0 Å². The topological polar surface area (TPSA) is 73.2 Å². The van der Waals surface area contributed by atoms with Gasteiger partial charge in [-0.2, -0.15) is 0 Å². The Kier molecular flexibility index (Phi) is 6.91. The average molecular weight is 456 g/mol. The summed E-state index contributed by atoms with van der Waals surface area (Å²) in [6.07, 6.45) is 1.86. The number of carbonyl (C=O) groups excluding carboxylic acids is 1. The highest BCUT2D eigenvalue weighted by Crippen LogP contribution is 2.24. The molecule has 0 aliphatic carbocycles. The van der Waals surface area contributed by atoms with Gasteiger partial charge >= 0.3 is 0 Å². The fourth-order valence-corrected chi connectivity index (χ4v) is 4.64. The second kappa shape index (κ2) is 9.83. The first-order chi connectivity index (χ1) is 15.4. The van der Waals surface area contributed by atoms with Gasteiger partial charge in [-0.25, -0.2) is 9.37 Å². The number of ether oxygens (including phenoxy) is 1. The predicted molar refractivity (Wildman–Crippen MR) is 124 cm³/mol. The molecule has 3 aromatic rings. The molecule has 168 valence electrons. The molecule has 1 fully saturated rings. The number of rotatable bonds is 7. The van der Waals surface area contributed by atoms with Gasteiger partial charge in [0, 0.05) is 24.0 Å². The number of thioether (sulfide) groups is 1. The number of fused-ring (bicyclic) bond motifs is 1. The third kappa shape index (κ3) is 5.19. The number of amides is 1. The van der Waals surface area contributed by atoms with E-state index in [4.69, 9.17) is 9.72 Å². The van der Waals surface area contributed by atoms with E-state index in [0.717, 1.165) is 18.4 Å². The van der Waals surface area contributed by atoms with Crippen LogP contribution in [0.3, 0.4) is 0 Å². The molecule has 6 nitrogen and oxygen atoms in total. The zero-order valence-corrected chi connectivity index (χ0v) is 19.0. The summed E-state index contributed by atoms with van der Waals surface area (Å²) in [6.45, 7) is 4.92. The fourth-order valence-electron chi connectivity index (χ4n) is 3.68. The van der Waals surface area contributed by atoms with Gasteiger partial charge in [0.15, 0.2) is 5.16 Å². The Morgan fingerprint density at radius 3 is 2.75 bits per heavy atom. The van der Waals surface area contributed by atoms with Gasteiger partial charge in [0.2, 0.25) is 0 Å². The van der Waals surface area contributed by atoms with E-state index in [-0.39, 0.29) is 29.4 Å². The van der Waals surface area contributed by atoms with E-state index < -0.39 is 0 Å². The minimum atomic E-state index is -0.287. The van der Waals surface area contributed by atoms with Crippen LogP contribution in [0.1, 0.15) is 42.6 Å². The van der Waals surface area contributed by atoms with Crippen LogP contribution in [0.4, 0.5) is 4.39 Å². The molecule has 8 heteroatoms. The highest BCUT2D eigenvalue weighted by molar-refractivity contribution is 7.98. The Labute approximate surface area is 190 Å². The van der Waals surface area contributed by atoms with E-state index in [1.165, 1.54) is 23.9 Å². The Balaban J connectivity index is 1.71. The van der Waals surface area contributed by atoms with E-state index in [1.54, 1.807) is 34.9 Å². The maximum atomic E-state index is 13.4. The van der Waals surface area contributed by atoms with E-state index in [1.807, 2.05) is 13.8 Å². The summed E-state index contributed by atoms with van der Waals surface area (Å²) in [6, 6.07) is 11.3. The summed E-state index contributed by atoms with van der Waals surface area (Å²) in [7, 11) is 0. The van der Waals surface area contributed by atoms with Crippen LogP contribution in [0.25, 0.3) is 10.9 Å². The molecule has 2 heterocycles. The summed E-state index contributed by atoms with van der Waals surface area (Å²) >= 11 is 1.42. The SMILES string of the molecule is CC(C)NC(=O)c1ccc2c(=O)n(C[C@H]3CCCO3)c(SCc3ccc(F)cc3)nc2c1. The summed E-state index contributed by atoms with van der Waals surface area (Å²) in [5.74, 6) is 0.0508. The first-order valence-electron chi connectivity index (χ1n) is 10.7. The molecule has 1 N–H and O–H groups in total. The lowest BCUT2D eigenvalue weighted by atomic mass is 10.1. The molecule has 4 rings (SSSR count). The van der Waals surface area contributed by atoms with Crippen molar-refractivity contribution in [2.24, 2.45) is 0 Å². The summed E-state index contributed by atoms with van der Waals surface area (Å²) in [5.41, 5.74) is 1.73. The highest BCUT2D eigenvalue weighted by Gasteiger charge is 2.21. The quantitative estimate of drug-likeness (QED) is 0.428. The van der Waals surface area contributed by atoms with Crippen molar-refractivity contribution in [3.05, 3.63) is 69.8 Å². The van der Waals surface area contributed by atoms with Crippen LogP contribution in [0, 0.1) is 5.82 Å². The van der Waals surface area contributed by atoms with E-state index in [9.17, 15) is 14.0 Å². The zero-order chi connectivity index (χ0) is 22.7. The Bertz CT molecular complexity index is 1170.